The second kappa shape index (κ2) is 36.0. The molecule has 49 heavy (non-hydrogen) atoms. The highest BCUT2D eigenvalue weighted by Gasteiger charge is 2.26. The van der Waals surface area contributed by atoms with Gasteiger partial charge in [-0.25, -0.2) is 4.57 Å². The molecular formula is C40H73N2O6P. The summed E-state index contributed by atoms with van der Waals surface area (Å²) < 4.78 is 22.0. The molecule has 0 saturated carbocycles. The zero-order chi connectivity index (χ0) is 36.1. The van der Waals surface area contributed by atoms with E-state index in [1.54, 1.807) is 6.08 Å². The standard InChI is InChI=1S/C40H73N2O6P/c1-3-5-7-9-11-13-15-17-19-20-21-23-25-27-29-31-33-39(43)38(37-48-49(45,46)47-36-35-41)42-40(44)34-32-30-28-26-24-22-18-16-14-12-10-8-6-4-2/h10,12,16-19,23,25,31,33,38-39,43H,3-9,11,13-15,20-22,24,26-30,32,34-37,41H2,1-2H3,(H,42,44)(H,45,46)/b12-10-,18-16-,19-17+,25-23+,33-31+. The number of carbonyl (C=O) groups excluding carboxylic acids is 1. The number of amides is 1. The number of nitrogens with two attached hydrogens (primary N) is 1. The van der Waals surface area contributed by atoms with Gasteiger partial charge in [0.25, 0.3) is 0 Å². The smallest absolute Gasteiger partial charge is 0.387 e. The quantitative estimate of drug-likeness (QED) is 0.0293. The highest BCUT2D eigenvalue weighted by Crippen LogP contribution is 2.43. The van der Waals surface area contributed by atoms with E-state index in [0.717, 1.165) is 70.6 Å². The first-order valence-electron chi connectivity index (χ1n) is 19.4. The topological polar surface area (TPSA) is 131 Å². The third-order valence-corrected chi connectivity index (χ3v) is 9.03. The second-order valence-corrected chi connectivity index (χ2v) is 14.2. The van der Waals surface area contributed by atoms with Gasteiger partial charge in [-0.05, 0) is 70.6 Å². The molecule has 0 spiro atoms. The summed E-state index contributed by atoms with van der Waals surface area (Å²) in [4.78, 5) is 22.6. The van der Waals surface area contributed by atoms with E-state index in [1.165, 1.54) is 64.2 Å². The van der Waals surface area contributed by atoms with Crippen molar-refractivity contribution in [2.75, 3.05) is 19.8 Å². The van der Waals surface area contributed by atoms with Gasteiger partial charge >= 0.3 is 7.82 Å². The van der Waals surface area contributed by atoms with Crippen molar-refractivity contribution in [3.05, 3.63) is 60.8 Å². The Kier molecular flexibility index (Phi) is 34.7. The number of nitrogens with one attached hydrogen (secondary N) is 1. The van der Waals surface area contributed by atoms with E-state index in [9.17, 15) is 19.4 Å². The number of hydrogen-bond acceptors (Lipinski definition) is 6. The number of phosphoric ester groups is 1. The Hall–Kier alpha value is -1.80. The molecule has 8 nitrogen and oxygen atoms in total. The molecule has 0 aromatic carbocycles. The highest BCUT2D eigenvalue weighted by atomic mass is 31.2. The van der Waals surface area contributed by atoms with Crippen LogP contribution in [0.1, 0.15) is 155 Å². The van der Waals surface area contributed by atoms with Crippen molar-refractivity contribution >= 4 is 13.7 Å². The molecule has 5 N–H and O–H groups in total. The molecule has 1 amide bonds. The minimum Gasteiger partial charge on any atom is -0.387 e. The Bertz CT molecular complexity index is 949. The summed E-state index contributed by atoms with van der Waals surface area (Å²) in [6.45, 7) is 4.01. The lowest BCUT2D eigenvalue weighted by Crippen LogP contribution is -2.45. The molecule has 0 saturated heterocycles. The Balaban J connectivity index is 4.43. The van der Waals surface area contributed by atoms with Crippen molar-refractivity contribution in [2.45, 2.75) is 167 Å². The average Bonchev–Trinajstić information content (AvgIpc) is 3.09. The van der Waals surface area contributed by atoms with Gasteiger partial charge in [0, 0.05) is 13.0 Å². The minimum absolute atomic E-state index is 0.0668. The van der Waals surface area contributed by atoms with E-state index in [1.807, 2.05) is 6.08 Å². The van der Waals surface area contributed by atoms with Gasteiger partial charge in [0.15, 0.2) is 0 Å². The van der Waals surface area contributed by atoms with Crippen LogP contribution in [0.5, 0.6) is 0 Å². The molecular weight excluding hydrogens is 635 g/mol. The van der Waals surface area contributed by atoms with Crippen LogP contribution in [0, 0.1) is 0 Å². The maximum Gasteiger partial charge on any atom is 0.472 e. The normalized spacial score (nSPS) is 15.0. The maximum atomic E-state index is 12.7. The molecule has 0 radical (unpaired) electrons. The van der Waals surface area contributed by atoms with Crippen LogP contribution in [0.3, 0.4) is 0 Å². The van der Waals surface area contributed by atoms with Crippen molar-refractivity contribution in [1.82, 2.24) is 5.32 Å². The molecule has 0 fully saturated rings. The maximum absolute atomic E-state index is 12.7. The minimum atomic E-state index is -4.35. The predicted molar refractivity (Wildman–Crippen MR) is 207 cm³/mol. The lowest BCUT2D eigenvalue weighted by molar-refractivity contribution is -0.123. The Morgan fingerprint density at radius 1 is 0.673 bits per heavy atom. The zero-order valence-electron chi connectivity index (χ0n) is 31.2. The van der Waals surface area contributed by atoms with Crippen LogP contribution in [0.2, 0.25) is 0 Å². The molecule has 0 aliphatic rings. The molecule has 0 bridgehead atoms. The molecule has 0 rings (SSSR count). The number of phosphoric acid groups is 1. The van der Waals surface area contributed by atoms with Gasteiger partial charge in [-0.3, -0.25) is 13.8 Å². The first kappa shape index (κ1) is 47.2. The number of carbonyl (C=O) groups is 1. The molecule has 0 aromatic rings. The van der Waals surface area contributed by atoms with E-state index in [0.29, 0.717) is 6.42 Å². The van der Waals surface area contributed by atoms with Gasteiger partial charge in [0.2, 0.25) is 5.91 Å². The van der Waals surface area contributed by atoms with Crippen molar-refractivity contribution in [1.29, 1.82) is 0 Å². The van der Waals surface area contributed by atoms with Crippen molar-refractivity contribution < 1.29 is 28.4 Å². The molecule has 284 valence electrons. The van der Waals surface area contributed by atoms with E-state index in [4.69, 9.17) is 14.8 Å². The third-order valence-electron chi connectivity index (χ3n) is 8.04. The van der Waals surface area contributed by atoms with Crippen LogP contribution in [0.4, 0.5) is 0 Å². The van der Waals surface area contributed by atoms with Crippen LogP contribution >= 0.6 is 7.82 Å². The first-order chi connectivity index (χ1) is 23.9. The number of rotatable bonds is 35. The Labute approximate surface area is 300 Å². The van der Waals surface area contributed by atoms with Crippen LogP contribution in [-0.2, 0) is 18.4 Å². The van der Waals surface area contributed by atoms with Crippen LogP contribution in [0.15, 0.2) is 60.8 Å². The van der Waals surface area contributed by atoms with Crippen LogP contribution < -0.4 is 11.1 Å². The molecule has 0 aromatic heterocycles. The molecule has 0 aliphatic carbocycles. The summed E-state index contributed by atoms with van der Waals surface area (Å²) in [5.41, 5.74) is 5.35. The van der Waals surface area contributed by atoms with Crippen LogP contribution in [0.25, 0.3) is 0 Å². The monoisotopic (exact) mass is 709 g/mol. The lowest BCUT2D eigenvalue weighted by Gasteiger charge is -2.23. The summed E-state index contributed by atoms with van der Waals surface area (Å²) >= 11 is 0. The van der Waals surface area contributed by atoms with Gasteiger partial charge in [0.05, 0.1) is 25.4 Å². The Morgan fingerprint density at radius 2 is 1.16 bits per heavy atom. The molecule has 9 heteroatoms. The predicted octanol–water partition coefficient (Wildman–Crippen LogP) is 10.3. The van der Waals surface area contributed by atoms with E-state index in [-0.39, 0.29) is 25.7 Å². The van der Waals surface area contributed by atoms with Crippen molar-refractivity contribution in [2.24, 2.45) is 5.73 Å². The number of allylic oxidation sites excluding steroid dienone is 9. The van der Waals surface area contributed by atoms with E-state index < -0.39 is 20.0 Å². The average molecular weight is 709 g/mol. The van der Waals surface area contributed by atoms with Gasteiger partial charge in [-0.15, -0.1) is 0 Å². The van der Waals surface area contributed by atoms with Crippen LogP contribution in [-0.4, -0.2) is 47.8 Å². The first-order valence-corrected chi connectivity index (χ1v) is 20.9. The fourth-order valence-electron chi connectivity index (χ4n) is 5.06. The van der Waals surface area contributed by atoms with E-state index in [2.05, 4.69) is 67.8 Å². The Morgan fingerprint density at radius 3 is 1.76 bits per heavy atom. The molecule has 3 unspecified atom stereocenters. The highest BCUT2D eigenvalue weighted by molar-refractivity contribution is 7.47. The van der Waals surface area contributed by atoms with Gasteiger partial charge in [-0.1, -0.05) is 139 Å². The number of aliphatic hydroxyl groups is 1. The summed E-state index contributed by atoms with van der Waals surface area (Å²) in [6, 6.07) is -0.891. The zero-order valence-corrected chi connectivity index (χ0v) is 32.1. The third kappa shape index (κ3) is 34.4. The summed E-state index contributed by atoms with van der Waals surface area (Å²) in [5, 5.41) is 13.6. The number of unbranched alkanes of at least 4 members (excludes halogenated alkanes) is 15. The summed E-state index contributed by atoms with van der Waals surface area (Å²) in [5.74, 6) is -0.226. The summed E-state index contributed by atoms with van der Waals surface area (Å²) in [6.07, 6.45) is 44.1. The van der Waals surface area contributed by atoms with Gasteiger partial charge < -0.3 is 21.1 Å². The second-order valence-electron chi connectivity index (χ2n) is 12.8. The largest absolute Gasteiger partial charge is 0.472 e. The van der Waals surface area contributed by atoms with Gasteiger partial charge in [0.1, 0.15) is 0 Å². The van der Waals surface area contributed by atoms with E-state index >= 15 is 0 Å². The fraction of sp³-hybridized carbons (Fsp3) is 0.725. The molecule has 0 heterocycles. The molecule has 0 aliphatic heterocycles. The lowest BCUT2D eigenvalue weighted by atomic mass is 10.1. The van der Waals surface area contributed by atoms with Gasteiger partial charge in [-0.2, -0.15) is 0 Å². The van der Waals surface area contributed by atoms with Crippen molar-refractivity contribution in [3.8, 4) is 0 Å². The number of hydrogen-bond donors (Lipinski definition) is 4. The number of aliphatic hydroxyl groups excluding tert-OH is 1. The molecule has 3 atom stereocenters. The van der Waals surface area contributed by atoms with Crippen molar-refractivity contribution in [3.63, 3.8) is 0 Å². The SMILES string of the molecule is CCCC/C=C\C/C=C\CCCCCCCC(=O)NC(COP(=O)(O)OCCN)C(O)/C=C/CC/C=C/CC/C=C/CCCCCCCC. The summed E-state index contributed by atoms with van der Waals surface area (Å²) in [7, 11) is -4.35. The fourth-order valence-corrected chi connectivity index (χ4v) is 5.82.